The van der Waals surface area contributed by atoms with E-state index in [1.165, 1.54) is 4.90 Å². The van der Waals surface area contributed by atoms with Crippen LogP contribution in [0.25, 0.3) is 0 Å². The van der Waals surface area contributed by atoms with Crippen LogP contribution in [0.1, 0.15) is 46.0 Å². The first-order chi connectivity index (χ1) is 9.51. The highest BCUT2D eigenvalue weighted by atomic mass is 16.4. The van der Waals surface area contributed by atoms with Gasteiger partial charge in [0.05, 0.1) is 6.10 Å². The van der Waals surface area contributed by atoms with E-state index in [0.717, 1.165) is 25.7 Å². The number of carboxylic acids is 1. The first kappa shape index (κ1) is 16.8. The van der Waals surface area contributed by atoms with Crippen molar-refractivity contribution in [3.63, 3.8) is 0 Å². The van der Waals surface area contributed by atoms with E-state index >= 15 is 0 Å². The average molecular weight is 286 g/mol. The fourth-order valence-electron chi connectivity index (χ4n) is 2.44. The zero-order chi connectivity index (χ0) is 15.1. The molecule has 1 heterocycles. The predicted molar refractivity (Wildman–Crippen MR) is 75.5 cm³/mol. The van der Waals surface area contributed by atoms with E-state index in [0.29, 0.717) is 13.1 Å². The summed E-state index contributed by atoms with van der Waals surface area (Å²) in [5.41, 5.74) is 0. The lowest BCUT2D eigenvalue weighted by molar-refractivity contribution is -0.141. The molecule has 0 spiro atoms. The Morgan fingerprint density at radius 3 is 2.20 bits per heavy atom. The lowest BCUT2D eigenvalue weighted by atomic mass is 10.2. The summed E-state index contributed by atoms with van der Waals surface area (Å²) in [5, 5.41) is 18.8. The van der Waals surface area contributed by atoms with Crippen LogP contribution in [0, 0.1) is 0 Å². The summed E-state index contributed by atoms with van der Waals surface area (Å²) in [6, 6.07) is -1.15. The van der Waals surface area contributed by atoms with Crippen LogP contribution < -0.4 is 0 Å². The van der Waals surface area contributed by atoms with Gasteiger partial charge in [-0.3, -0.25) is 0 Å². The van der Waals surface area contributed by atoms with Crippen molar-refractivity contribution >= 4 is 12.0 Å². The van der Waals surface area contributed by atoms with Crippen LogP contribution >= 0.6 is 0 Å². The van der Waals surface area contributed by atoms with Crippen molar-refractivity contribution < 1.29 is 19.8 Å². The maximum atomic E-state index is 12.5. The van der Waals surface area contributed by atoms with Crippen molar-refractivity contribution in [2.45, 2.75) is 58.1 Å². The summed E-state index contributed by atoms with van der Waals surface area (Å²) in [7, 11) is 0. The van der Waals surface area contributed by atoms with Crippen LogP contribution in [0.3, 0.4) is 0 Å². The minimum atomic E-state index is -1.04. The Kier molecular flexibility index (Phi) is 6.78. The van der Waals surface area contributed by atoms with Gasteiger partial charge in [0.1, 0.15) is 6.04 Å². The Hall–Kier alpha value is -1.30. The molecule has 1 rings (SSSR count). The molecule has 2 atom stereocenters. The SMILES string of the molecule is CCCCN(CCCC)C(=O)N1C[C@H](O)C[C@H]1C(=O)O. The molecule has 6 nitrogen and oxygen atoms in total. The number of aliphatic carboxylic acids is 1. The summed E-state index contributed by atoms with van der Waals surface area (Å²) >= 11 is 0. The quantitative estimate of drug-likeness (QED) is 0.743. The number of carboxylic acid groups (broad SMARTS) is 1. The third kappa shape index (κ3) is 4.37. The minimum Gasteiger partial charge on any atom is -0.480 e. The van der Waals surface area contributed by atoms with Gasteiger partial charge >= 0.3 is 12.0 Å². The molecule has 1 fully saturated rings. The van der Waals surface area contributed by atoms with E-state index in [1.807, 2.05) is 0 Å². The first-order valence-electron chi connectivity index (χ1n) is 7.47. The number of aliphatic hydroxyl groups excluding tert-OH is 1. The smallest absolute Gasteiger partial charge is 0.326 e. The Bertz CT molecular complexity index is 327. The van der Waals surface area contributed by atoms with Crippen molar-refractivity contribution in [2.75, 3.05) is 19.6 Å². The largest absolute Gasteiger partial charge is 0.480 e. The monoisotopic (exact) mass is 286 g/mol. The molecule has 0 aliphatic carbocycles. The molecule has 2 amide bonds. The summed E-state index contributed by atoms with van der Waals surface area (Å²) in [6.45, 7) is 5.53. The van der Waals surface area contributed by atoms with Gasteiger partial charge in [-0.25, -0.2) is 9.59 Å². The first-order valence-corrected chi connectivity index (χ1v) is 7.47. The van der Waals surface area contributed by atoms with Crippen molar-refractivity contribution in [1.29, 1.82) is 0 Å². The van der Waals surface area contributed by atoms with Crippen molar-refractivity contribution in [1.82, 2.24) is 9.80 Å². The van der Waals surface area contributed by atoms with Gasteiger partial charge in [0.15, 0.2) is 0 Å². The number of amides is 2. The second-order valence-electron chi connectivity index (χ2n) is 5.37. The third-order valence-electron chi connectivity index (χ3n) is 3.64. The van der Waals surface area contributed by atoms with E-state index in [2.05, 4.69) is 13.8 Å². The number of hydrogen-bond donors (Lipinski definition) is 2. The second-order valence-corrected chi connectivity index (χ2v) is 5.37. The van der Waals surface area contributed by atoms with Crippen LogP contribution in [-0.2, 0) is 4.79 Å². The van der Waals surface area contributed by atoms with Gasteiger partial charge in [0.2, 0.25) is 0 Å². The number of β-amino-alcohol motifs (C(OH)–C–C–N with tert-alkyl or cyclic N) is 1. The van der Waals surface area contributed by atoms with Crippen LogP contribution in [0.4, 0.5) is 4.79 Å². The van der Waals surface area contributed by atoms with Gasteiger partial charge < -0.3 is 20.0 Å². The fraction of sp³-hybridized carbons (Fsp3) is 0.857. The molecular formula is C14H26N2O4. The number of hydrogen-bond acceptors (Lipinski definition) is 3. The molecule has 0 bridgehead atoms. The standard InChI is InChI=1S/C14H26N2O4/c1-3-5-7-15(8-6-4-2)14(20)16-10-11(17)9-12(16)13(18)19/h11-12,17H,3-10H2,1-2H3,(H,18,19)/t11-,12+/m1/s1. The molecule has 1 aliphatic heterocycles. The topological polar surface area (TPSA) is 81.1 Å². The van der Waals surface area contributed by atoms with Crippen LogP contribution in [0.15, 0.2) is 0 Å². The zero-order valence-electron chi connectivity index (χ0n) is 12.4. The maximum Gasteiger partial charge on any atom is 0.326 e. The normalized spacial score (nSPS) is 22.1. The molecule has 0 aromatic rings. The highest BCUT2D eigenvalue weighted by molar-refractivity contribution is 5.83. The Morgan fingerprint density at radius 2 is 1.75 bits per heavy atom. The molecule has 20 heavy (non-hydrogen) atoms. The Morgan fingerprint density at radius 1 is 1.20 bits per heavy atom. The van der Waals surface area contributed by atoms with Crippen molar-refractivity contribution in [3.05, 3.63) is 0 Å². The predicted octanol–water partition coefficient (Wildman–Crippen LogP) is 1.53. The van der Waals surface area contributed by atoms with Gasteiger partial charge in [0.25, 0.3) is 0 Å². The third-order valence-corrected chi connectivity index (χ3v) is 3.64. The van der Waals surface area contributed by atoms with E-state index in [1.54, 1.807) is 4.90 Å². The molecule has 6 heteroatoms. The van der Waals surface area contributed by atoms with Crippen LogP contribution in [0.2, 0.25) is 0 Å². The number of aliphatic hydroxyl groups is 1. The molecule has 0 radical (unpaired) electrons. The molecule has 1 aliphatic rings. The Balaban J connectivity index is 2.73. The minimum absolute atomic E-state index is 0.116. The molecule has 0 saturated carbocycles. The molecule has 0 aromatic carbocycles. The summed E-state index contributed by atoms with van der Waals surface area (Å²) in [6.07, 6.45) is 3.17. The lowest BCUT2D eigenvalue weighted by Crippen LogP contribution is -2.48. The van der Waals surface area contributed by atoms with Crippen LogP contribution in [0.5, 0.6) is 0 Å². The van der Waals surface area contributed by atoms with Gasteiger partial charge in [-0.15, -0.1) is 0 Å². The summed E-state index contributed by atoms with van der Waals surface area (Å²) in [5.74, 6) is -1.04. The number of unbranched alkanes of at least 4 members (excludes halogenated alkanes) is 2. The zero-order valence-corrected chi connectivity index (χ0v) is 12.4. The number of rotatable bonds is 7. The molecule has 0 unspecified atom stereocenters. The highest BCUT2D eigenvalue weighted by Crippen LogP contribution is 2.20. The van der Waals surface area contributed by atoms with Gasteiger partial charge in [-0.2, -0.15) is 0 Å². The molecule has 116 valence electrons. The molecule has 1 saturated heterocycles. The van der Waals surface area contributed by atoms with Gasteiger partial charge in [0, 0.05) is 26.1 Å². The average Bonchev–Trinajstić information content (AvgIpc) is 2.80. The second kappa shape index (κ2) is 8.09. The lowest BCUT2D eigenvalue weighted by Gasteiger charge is -2.30. The number of carbonyl (C=O) groups excluding carboxylic acids is 1. The van der Waals surface area contributed by atoms with Gasteiger partial charge in [-0.05, 0) is 12.8 Å². The van der Waals surface area contributed by atoms with E-state index in [9.17, 15) is 14.7 Å². The fourth-order valence-corrected chi connectivity index (χ4v) is 2.44. The molecular weight excluding hydrogens is 260 g/mol. The van der Waals surface area contributed by atoms with Gasteiger partial charge in [-0.1, -0.05) is 26.7 Å². The summed E-state index contributed by atoms with van der Waals surface area (Å²) in [4.78, 5) is 26.7. The maximum absolute atomic E-state index is 12.5. The number of urea groups is 1. The van der Waals surface area contributed by atoms with E-state index < -0.39 is 18.1 Å². The highest BCUT2D eigenvalue weighted by Gasteiger charge is 2.40. The van der Waals surface area contributed by atoms with Crippen LogP contribution in [-0.4, -0.2) is 63.8 Å². The molecule has 2 N–H and O–H groups in total. The number of likely N-dealkylation sites (tertiary alicyclic amines) is 1. The summed E-state index contributed by atoms with van der Waals surface area (Å²) < 4.78 is 0. The number of carbonyl (C=O) groups is 2. The Labute approximate surface area is 120 Å². The van der Waals surface area contributed by atoms with Crippen molar-refractivity contribution in [3.8, 4) is 0 Å². The molecule has 0 aromatic heterocycles. The number of nitrogens with zero attached hydrogens (tertiary/aromatic N) is 2. The van der Waals surface area contributed by atoms with E-state index in [4.69, 9.17) is 5.11 Å². The van der Waals surface area contributed by atoms with E-state index in [-0.39, 0.29) is 19.0 Å². The van der Waals surface area contributed by atoms with Crippen molar-refractivity contribution in [2.24, 2.45) is 0 Å².